The third-order valence-corrected chi connectivity index (χ3v) is 3.87. The van der Waals surface area contributed by atoms with Crippen molar-refractivity contribution < 1.29 is 8.42 Å². The summed E-state index contributed by atoms with van der Waals surface area (Å²) >= 11 is 0. The van der Waals surface area contributed by atoms with Crippen LogP contribution in [0.1, 0.15) is 26.5 Å². The van der Waals surface area contributed by atoms with Gasteiger partial charge in [-0.3, -0.25) is 9.25 Å². The molecular formula is C11H16ClN5O2S. The van der Waals surface area contributed by atoms with E-state index in [9.17, 15) is 8.42 Å². The zero-order chi connectivity index (χ0) is 15.3. The van der Waals surface area contributed by atoms with Crippen molar-refractivity contribution in [2.45, 2.75) is 38.4 Å². The molecule has 0 fully saturated rings. The van der Waals surface area contributed by atoms with Gasteiger partial charge >= 0.3 is 0 Å². The van der Waals surface area contributed by atoms with E-state index in [0.717, 1.165) is 5.69 Å². The van der Waals surface area contributed by atoms with Gasteiger partial charge in [-0.25, -0.2) is 8.42 Å². The molecule has 0 amide bonds. The Bertz CT molecular complexity index is 754. The van der Waals surface area contributed by atoms with Crippen LogP contribution >= 0.6 is 10.7 Å². The summed E-state index contributed by atoms with van der Waals surface area (Å²) in [5.74, 6) is 0.417. The maximum Gasteiger partial charge on any atom is 0.296 e. The van der Waals surface area contributed by atoms with Crippen LogP contribution in [0.15, 0.2) is 11.2 Å². The van der Waals surface area contributed by atoms with Crippen molar-refractivity contribution in [1.29, 1.82) is 0 Å². The average Bonchev–Trinajstić information content (AvgIpc) is 2.79. The monoisotopic (exact) mass is 317 g/mol. The van der Waals surface area contributed by atoms with Crippen molar-refractivity contribution in [2.24, 2.45) is 7.05 Å². The molecule has 0 saturated carbocycles. The van der Waals surface area contributed by atoms with Crippen molar-refractivity contribution in [3.63, 3.8) is 0 Å². The number of nitrogens with zero attached hydrogens (tertiary/aromatic N) is 5. The van der Waals surface area contributed by atoms with E-state index in [1.807, 2.05) is 33.8 Å². The summed E-state index contributed by atoms with van der Waals surface area (Å²) in [6, 6.07) is 1.82. The van der Waals surface area contributed by atoms with Gasteiger partial charge in [0, 0.05) is 23.3 Å². The minimum Gasteiger partial charge on any atom is -0.290 e. The van der Waals surface area contributed by atoms with Gasteiger partial charge in [0.05, 0.1) is 5.69 Å². The van der Waals surface area contributed by atoms with Gasteiger partial charge in [-0.05, 0) is 33.8 Å². The summed E-state index contributed by atoms with van der Waals surface area (Å²) in [6.45, 7) is 7.42. The van der Waals surface area contributed by atoms with E-state index >= 15 is 0 Å². The van der Waals surface area contributed by atoms with Crippen molar-refractivity contribution in [1.82, 2.24) is 24.5 Å². The zero-order valence-corrected chi connectivity index (χ0v) is 13.5. The Balaban J connectivity index is 2.80. The third-order valence-electron chi connectivity index (χ3n) is 2.75. The molecule has 0 aliphatic carbocycles. The Morgan fingerprint density at radius 3 is 2.25 bits per heavy atom. The molecular weight excluding hydrogens is 302 g/mol. The largest absolute Gasteiger partial charge is 0.296 e. The first-order valence-electron chi connectivity index (χ1n) is 5.93. The maximum absolute atomic E-state index is 11.7. The minimum absolute atomic E-state index is 0.263. The van der Waals surface area contributed by atoms with Crippen LogP contribution in [-0.2, 0) is 21.6 Å². The van der Waals surface area contributed by atoms with Crippen LogP contribution < -0.4 is 0 Å². The van der Waals surface area contributed by atoms with E-state index < -0.39 is 14.6 Å². The smallest absolute Gasteiger partial charge is 0.290 e. The number of hydrogen-bond donors (Lipinski definition) is 0. The van der Waals surface area contributed by atoms with Crippen LogP contribution in [0.5, 0.6) is 0 Å². The lowest BCUT2D eigenvalue weighted by molar-refractivity contribution is 0.366. The molecule has 20 heavy (non-hydrogen) atoms. The lowest BCUT2D eigenvalue weighted by Gasteiger charge is -2.23. The summed E-state index contributed by atoms with van der Waals surface area (Å²) < 4.78 is 26.4. The van der Waals surface area contributed by atoms with E-state index in [4.69, 9.17) is 10.7 Å². The fourth-order valence-corrected chi connectivity index (χ4v) is 3.03. The van der Waals surface area contributed by atoms with Crippen LogP contribution in [0, 0.1) is 6.92 Å². The molecule has 7 nitrogen and oxygen atoms in total. The van der Waals surface area contributed by atoms with Gasteiger partial charge in [-0.2, -0.15) is 5.10 Å². The molecule has 9 heteroatoms. The van der Waals surface area contributed by atoms with Crippen molar-refractivity contribution >= 4 is 19.7 Å². The molecule has 2 aromatic rings. The van der Waals surface area contributed by atoms with Crippen molar-refractivity contribution in [2.75, 3.05) is 0 Å². The molecule has 0 N–H and O–H groups in total. The summed E-state index contributed by atoms with van der Waals surface area (Å²) in [5, 5.41) is 11.7. The highest BCUT2D eigenvalue weighted by atomic mass is 35.7. The number of halogens is 1. The molecule has 0 unspecified atom stereocenters. The second-order valence-electron chi connectivity index (χ2n) is 5.54. The van der Waals surface area contributed by atoms with Gasteiger partial charge in [0.15, 0.2) is 5.82 Å². The van der Waals surface area contributed by atoms with Gasteiger partial charge in [0.2, 0.25) is 0 Å². The summed E-state index contributed by atoms with van der Waals surface area (Å²) in [6.07, 6.45) is 0. The lowest BCUT2D eigenvalue weighted by Crippen LogP contribution is -2.26. The first-order valence-corrected chi connectivity index (χ1v) is 8.24. The van der Waals surface area contributed by atoms with Crippen molar-refractivity contribution in [3.05, 3.63) is 11.8 Å². The average molecular weight is 318 g/mol. The predicted octanol–water partition coefficient (Wildman–Crippen LogP) is 1.67. The topological polar surface area (TPSA) is 82.7 Å². The third kappa shape index (κ3) is 2.57. The van der Waals surface area contributed by atoms with E-state index in [1.165, 1.54) is 4.57 Å². The molecule has 0 radical (unpaired) electrons. The molecule has 0 atom stereocenters. The van der Waals surface area contributed by atoms with E-state index in [2.05, 4.69) is 15.3 Å². The van der Waals surface area contributed by atoms with Gasteiger partial charge in [0.1, 0.15) is 5.69 Å². The highest BCUT2D eigenvalue weighted by molar-refractivity contribution is 8.13. The van der Waals surface area contributed by atoms with E-state index in [1.54, 1.807) is 11.7 Å². The molecule has 0 bridgehead atoms. The second kappa shape index (κ2) is 4.56. The molecule has 110 valence electrons. The predicted molar refractivity (Wildman–Crippen MR) is 75.0 cm³/mol. The van der Waals surface area contributed by atoms with Crippen LogP contribution in [0.3, 0.4) is 0 Å². The highest BCUT2D eigenvalue weighted by Crippen LogP contribution is 2.29. The maximum atomic E-state index is 11.7. The first-order chi connectivity index (χ1) is 9.01. The minimum atomic E-state index is -3.98. The van der Waals surface area contributed by atoms with Gasteiger partial charge in [0.25, 0.3) is 14.2 Å². The standard InChI is InChI=1S/C11H16ClN5O2S/c1-7-6-8(16(5)15-7)9-13-14-10(20(12,18)19)17(9)11(2,3)4/h6H,1-5H3. The van der Waals surface area contributed by atoms with Gasteiger partial charge in [-0.15, -0.1) is 10.2 Å². The van der Waals surface area contributed by atoms with Crippen LogP contribution in [0.25, 0.3) is 11.5 Å². The number of aromatic nitrogens is 5. The Hall–Kier alpha value is -1.41. The molecule has 0 aliphatic heterocycles. The highest BCUT2D eigenvalue weighted by Gasteiger charge is 2.31. The first kappa shape index (κ1) is 15.0. The number of rotatable bonds is 2. The summed E-state index contributed by atoms with van der Waals surface area (Å²) in [5.41, 5.74) is 0.937. The van der Waals surface area contributed by atoms with Crippen LogP contribution in [0.2, 0.25) is 0 Å². The number of aryl methyl sites for hydroxylation is 2. The molecule has 0 aromatic carbocycles. The summed E-state index contributed by atoms with van der Waals surface area (Å²) in [4.78, 5) is 0. The Kier molecular flexibility index (Phi) is 3.42. The van der Waals surface area contributed by atoms with E-state index in [-0.39, 0.29) is 5.16 Å². The van der Waals surface area contributed by atoms with E-state index in [0.29, 0.717) is 11.5 Å². The van der Waals surface area contributed by atoms with Gasteiger partial charge in [-0.1, -0.05) is 0 Å². The number of hydrogen-bond acceptors (Lipinski definition) is 5. The molecule has 2 rings (SSSR count). The Morgan fingerprint density at radius 1 is 1.25 bits per heavy atom. The quantitative estimate of drug-likeness (QED) is 0.787. The zero-order valence-electron chi connectivity index (χ0n) is 11.9. The fraction of sp³-hybridized carbons (Fsp3) is 0.545. The normalized spacial score (nSPS) is 12.9. The summed E-state index contributed by atoms with van der Waals surface area (Å²) in [7, 11) is 3.23. The Morgan fingerprint density at radius 2 is 1.85 bits per heavy atom. The van der Waals surface area contributed by atoms with Crippen LogP contribution in [0.4, 0.5) is 0 Å². The molecule has 2 aromatic heterocycles. The second-order valence-corrected chi connectivity index (χ2v) is 8.00. The lowest BCUT2D eigenvalue weighted by atomic mass is 10.1. The molecule has 0 aliphatic rings. The molecule has 0 spiro atoms. The molecule has 2 heterocycles. The van der Waals surface area contributed by atoms with Gasteiger partial charge < -0.3 is 0 Å². The Labute approximate surface area is 122 Å². The van der Waals surface area contributed by atoms with Crippen molar-refractivity contribution in [3.8, 4) is 11.5 Å². The SMILES string of the molecule is Cc1cc(-c2nnc(S(=O)(=O)Cl)n2C(C)(C)C)n(C)n1. The fourth-order valence-electron chi connectivity index (χ4n) is 2.02. The molecule has 0 saturated heterocycles. The van der Waals surface area contributed by atoms with Crippen LogP contribution in [-0.4, -0.2) is 33.0 Å².